The summed E-state index contributed by atoms with van der Waals surface area (Å²) >= 11 is 0. The molecule has 158 valence electrons. The van der Waals surface area contributed by atoms with Crippen molar-refractivity contribution in [3.05, 3.63) is 41.6 Å². The molecule has 1 aliphatic heterocycles. The van der Waals surface area contributed by atoms with Crippen LogP contribution < -0.4 is 15.2 Å². The lowest BCUT2D eigenvalue weighted by molar-refractivity contribution is -0.120. The highest BCUT2D eigenvalue weighted by Gasteiger charge is 2.41. The van der Waals surface area contributed by atoms with Crippen molar-refractivity contribution in [2.24, 2.45) is 5.10 Å². The van der Waals surface area contributed by atoms with Gasteiger partial charge in [-0.2, -0.15) is 10.1 Å². The van der Waals surface area contributed by atoms with E-state index in [0.717, 1.165) is 37.8 Å². The summed E-state index contributed by atoms with van der Waals surface area (Å²) in [6, 6.07) is 3.28. The van der Waals surface area contributed by atoms with E-state index in [2.05, 4.69) is 25.4 Å². The minimum absolute atomic E-state index is 0.0472. The van der Waals surface area contributed by atoms with Crippen molar-refractivity contribution in [3.63, 3.8) is 0 Å². The maximum Gasteiger partial charge on any atom is 0.249 e. The van der Waals surface area contributed by atoms with E-state index in [1.807, 2.05) is 6.92 Å². The van der Waals surface area contributed by atoms with Crippen LogP contribution in [0.25, 0.3) is 0 Å². The van der Waals surface area contributed by atoms with Crippen molar-refractivity contribution in [2.45, 2.75) is 51.1 Å². The van der Waals surface area contributed by atoms with Crippen LogP contribution in [-0.2, 0) is 4.79 Å². The summed E-state index contributed by atoms with van der Waals surface area (Å²) in [5, 5.41) is 3.99. The summed E-state index contributed by atoms with van der Waals surface area (Å²) in [5.74, 6) is -0.354. The number of hydrogen-bond donors (Lipinski definition) is 1. The number of hydrogen-bond acceptors (Lipinski definition) is 6. The molecule has 30 heavy (non-hydrogen) atoms. The van der Waals surface area contributed by atoms with Gasteiger partial charge in [0.05, 0.1) is 12.4 Å². The highest BCUT2D eigenvalue weighted by Crippen LogP contribution is 2.39. The van der Waals surface area contributed by atoms with Gasteiger partial charge in [0.2, 0.25) is 11.9 Å². The van der Waals surface area contributed by atoms with Crippen molar-refractivity contribution >= 4 is 29.6 Å². The zero-order valence-electron chi connectivity index (χ0n) is 17.0. The van der Waals surface area contributed by atoms with E-state index < -0.39 is 11.6 Å². The molecule has 0 bridgehead atoms. The van der Waals surface area contributed by atoms with Crippen LogP contribution in [-0.4, -0.2) is 41.2 Å². The lowest BCUT2D eigenvalue weighted by Gasteiger charge is -2.43. The molecule has 1 amide bonds. The fraction of sp³-hybridized carbons (Fsp3) is 0.429. The lowest BCUT2D eigenvalue weighted by Crippen LogP contribution is -2.55. The molecular weight excluding hydrogens is 390 g/mol. The number of carbonyl (C=O) groups excluding carboxylic acids is 1. The number of fused-ring (bicyclic) bond motifs is 1. The van der Waals surface area contributed by atoms with Crippen LogP contribution in [0.3, 0.4) is 0 Å². The quantitative estimate of drug-likeness (QED) is 0.597. The van der Waals surface area contributed by atoms with Gasteiger partial charge in [0.25, 0.3) is 0 Å². The molecule has 4 rings (SSSR count). The number of anilines is 3. The molecule has 7 nitrogen and oxygen atoms in total. The number of carbonyl (C=O) groups is 1. The van der Waals surface area contributed by atoms with E-state index in [1.165, 1.54) is 12.3 Å². The Morgan fingerprint density at radius 2 is 2.07 bits per heavy atom. The van der Waals surface area contributed by atoms with Crippen LogP contribution in [0.2, 0.25) is 0 Å². The van der Waals surface area contributed by atoms with E-state index in [9.17, 15) is 13.6 Å². The summed E-state index contributed by atoms with van der Waals surface area (Å²) in [7, 11) is 1.74. The number of benzene rings is 1. The molecule has 1 N–H and O–H groups in total. The van der Waals surface area contributed by atoms with Crippen LogP contribution in [0.1, 0.15) is 44.6 Å². The van der Waals surface area contributed by atoms with Crippen LogP contribution in [0.15, 0.2) is 29.5 Å². The molecule has 1 aromatic heterocycles. The zero-order valence-corrected chi connectivity index (χ0v) is 17.0. The number of nitrogens with zero attached hydrogens (tertiary/aromatic N) is 5. The highest BCUT2D eigenvalue weighted by molar-refractivity contribution is 6.04. The van der Waals surface area contributed by atoms with Crippen LogP contribution in [0.5, 0.6) is 0 Å². The molecule has 2 aromatic rings. The van der Waals surface area contributed by atoms with E-state index >= 15 is 0 Å². The number of likely N-dealkylation sites (N-methyl/N-ethyl adjacent to an activating group) is 1. The standard InChI is InChI=1S/C21H24F2N6O/c1-3-17-20(30)28(2)18-12-24-21(26-19(18)29(17)15-6-4-5-7-15)27-25-11-13-8-9-14(22)10-16(13)23/h8-12,15,17H,3-7H2,1-2H3,(H,24,26,27)/b25-11+. The van der Waals surface area contributed by atoms with Gasteiger partial charge in [0.1, 0.15) is 23.4 Å². The van der Waals surface area contributed by atoms with Crippen LogP contribution >= 0.6 is 0 Å². The summed E-state index contributed by atoms with van der Waals surface area (Å²) < 4.78 is 26.8. The van der Waals surface area contributed by atoms with Crippen molar-refractivity contribution in [3.8, 4) is 0 Å². The Morgan fingerprint density at radius 1 is 1.30 bits per heavy atom. The van der Waals surface area contributed by atoms with E-state index in [1.54, 1.807) is 18.1 Å². The molecule has 1 atom stereocenters. The Bertz CT molecular complexity index is 976. The fourth-order valence-electron chi connectivity index (χ4n) is 4.20. The first-order chi connectivity index (χ1) is 14.5. The smallest absolute Gasteiger partial charge is 0.249 e. The number of rotatable bonds is 5. The molecule has 1 aliphatic carbocycles. The maximum atomic E-state index is 13.8. The first-order valence-electron chi connectivity index (χ1n) is 10.2. The van der Waals surface area contributed by atoms with E-state index in [-0.39, 0.29) is 29.5 Å². The van der Waals surface area contributed by atoms with Crippen LogP contribution in [0, 0.1) is 11.6 Å². The molecule has 1 fully saturated rings. The Kier molecular flexibility index (Phi) is 5.61. The average Bonchev–Trinajstić information content (AvgIpc) is 3.26. The molecule has 1 unspecified atom stereocenters. The molecule has 1 saturated carbocycles. The zero-order chi connectivity index (χ0) is 21.3. The predicted molar refractivity (Wildman–Crippen MR) is 112 cm³/mol. The SMILES string of the molecule is CCC1C(=O)N(C)c2cnc(N/N=C/c3ccc(F)cc3F)nc2N1C1CCCC1. The molecule has 2 heterocycles. The molecule has 0 spiro atoms. The van der Waals surface area contributed by atoms with Gasteiger partial charge in [-0.15, -0.1) is 0 Å². The Hall–Kier alpha value is -3.10. The highest BCUT2D eigenvalue weighted by atomic mass is 19.1. The van der Waals surface area contributed by atoms with Crippen molar-refractivity contribution in [1.29, 1.82) is 0 Å². The van der Waals surface area contributed by atoms with Gasteiger partial charge in [-0.1, -0.05) is 19.8 Å². The Balaban J connectivity index is 1.62. The maximum absolute atomic E-state index is 13.8. The fourth-order valence-corrected chi connectivity index (χ4v) is 4.20. The Morgan fingerprint density at radius 3 is 2.77 bits per heavy atom. The van der Waals surface area contributed by atoms with Gasteiger partial charge < -0.3 is 9.80 Å². The minimum Gasteiger partial charge on any atom is -0.340 e. The second kappa shape index (κ2) is 8.33. The number of amides is 1. The monoisotopic (exact) mass is 414 g/mol. The van der Waals surface area contributed by atoms with Gasteiger partial charge in [0.15, 0.2) is 5.82 Å². The largest absolute Gasteiger partial charge is 0.340 e. The van der Waals surface area contributed by atoms with Gasteiger partial charge in [-0.25, -0.2) is 19.2 Å². The summed E-state index contributed by atoms with van der Waals surface area (Å²) in [6.45, 7) is 2.01. The number of hydrazone groups is 1. The third-order valence-corrected chi connectivity index (χ3v) is 5.74. The van der Waals surface area contributed by atoms with E-state index in [0.29, 0.717) is 17.9 Å². The second-order valence-corrected chi connectivity index (χ2v) is 7.61. The summed E-state index contributed by atoms with van der Waals surface area (Å²) in [6.07, 6.45) is 7.87. The lowest BCUT2D eigenvalue weighted by atomic mass is 10.0. The summed E-state index contributed by atoms with van der Waals surface area (Å²) in [4.78, 5) is 25.5. The topological polar surface area (TPSA) is 73.7 Å². The molecule has 9 heteroatoms. The van der Waals surface area contributed by atoms with E-state index in [4.69, 9.17) is 0 Å². The van der Waals surface area contributed by atoms with Gasteiger partial charge in [-0.05, 0) is 31.4 Å². The third kappa shape index (κ3) is 3.71. The first kappa shape index (κ1) is 20.2. The predicted octanol–water partition coefficient (Wildman–Crippen LogP) is 3.70. The van der Waals surface area contributed by atoms with Gasteiger partial charge in [-0.3, -0.25) is 4.79 Å². The number of aromatic nitrogens is 2. The van der Waals surface area contributed by atoms with Gasteiger partial charge in [0, 0.05) is 24.7 Å². The second-order valence-electron chi connectivity index (χ2n) is 7.61. The molecule has 1 aromatic carbocycles. The minimum atomic E-state index is -0.703. The number of halogens is 2. The van der Waals surface area contributed by atoms with Crippen molar-refractivity contribution < 1.29 is 13.6 Å². The molecular formula is C21H24F2N6O. The third-order valence-electron chi connectivity index (χ3n) is 5.74. The van der Waals surface area contributed by atoms with Crippen LogP contribution in [0.4, 0.5) is 26.2 Å². The molecule has 0 radical (unpaired) electrons. The van der Waals surface area contributed by atoms with Gasteiger partial charge >= 0.3 is 0 Å². The number of nitrogens with one attached hydrogen (secondary N) is 1. The normalized spacial score (nSPS) is 19.6. The average molecular weight is 414 g/mol. The summed E-state index contributed by atoms with van der Waals surface area (Å²) in [5.41, 5.74) is 3.52. The Labute approximate surface area is 173 Å². The first-order valence-corrected chi connectivity index (χ1v) is 10.2. The molecule has 0 saturated heterocycles. The van der Waals surface area contributed by atoms with Crippen molar-refractivity contribution in [1.82, 2.24) is 9.97 Å². The molecule has 2 aliphatic rings. The van der Waals surface area contributed by atoms with Crippen molar-refractivity contribution in [2.75, 3.05) is 22.3 Å².